The lowest BCUT2D eigenvalue weighted by Crippen LogP contribution is -2.32. The van der Waals surface area contributed by atoms with Crippen LogP contribution in [-0.2, 0) is 5.75 Å². The third kappa shape index (κ3) is 4.29. The van der Waals surface area contributed by atoms with E-state index in [1.807, 2.05) is 0 Å². The van der Waals surface area contributed by atoms with Gasteiger partial charge in [0.15, 0.2) is 5.17 Å². The Morgan fingerprint density at radius 1 is 1.07 bits per heavy atom. The Balaban J connectivity index is 1.68. The topological polar surface area (TPSA) is 119 Å². The van der Waals surface area contributed by atoms with Crippen molar-refractivity contribution in [1.82, 2.24) is 4.90 Å². The molecule has 3 rings (SSSR count). The van der Waals surface area contributed by atoms with Crippen molar-refractivity contribution < 1.29 is 14.6 Å². The Hall–Kier alpha value is -3.27. The second-order valence-electron chi connectivity index (χ2n) is 5.64. The number of amidine groups is 1. The average Bonchev–Trinajstić information content (AvgIpc) is 3.14. The number of nitrogens with zero attached hydrogens (tertiary/aromatic N) is 4. The molecule has 1 amide bonds. The highest BCUT2D eigenvalue weighted by molar-refractivity contribution is 8.13. The maximum atomic E-state index is 12.7. The number of carbonyl (C=O) groups is 1. The summed E-state index contributed by atoms with van der Waals surface area (Å²) in [6.07, 6.45) is 0. The normalized spacial score (nSPS) is 13.3. The van der Waals surface area contributed by atoms with Crippen molar-refractivity contribution in [3.05, 3.63) is 79.9 Å². The predicted molar refractivity (Wildman–Crippen MR) is 101 cm³/mol. The van der Waals surface area contributed by atoms with Gasteiger partial charge >= 0.3 is 0 Å². The van der Waals surface area contributed by atoms with Crippen LogP contribution in [0, 0.1) is 20.2 Å². The van der Waals surface area contributed by atoms with E-state index in [1.165, 1.54) is 53.1 Å². The second-order valence-corrected chi connectivity index (χ2v) is 6.58. The lowest BCUT2D eigenvalue weighted by Gasteiger charge is -2.17. The van der Waals surface area contributed by atoms with Gasteiger partial charge in [-0.3, -0.25) is 34.9 Å². The van der Waals surface area contributed by atoms with Crippen LogP contribution in [0.2, 0.25) is 0 Å². The molecule has 0 fully saturated rings. The monoisotopic (exact) mass is 386 g/mol. The number of amides is 1. The first-order valence-electron chi connectivity index (χ1n) is 7.92. The van der Waals surface area contributed by atoms with Crippen LogP contribution in [-0.4, -0.2) is 38.9 Å². The lowest BCUT2D eigenvalue weighted by atomic mass is 10.2. The molecule has 0 aliphatic carbocycles. The van der Waals surface area contributed by atoms with Gasteiger partial charge in [0.25, 0.3) is 17.3 Å². The van der Waals surface area contributed by atoms with Gasteiger partial charge < -0.3 is 0 Å². The number of rotatable bonds is 5. The summed E-state index contributed by atoms with van der Waals surface area (Å²) in [7, 11) is 0. The number of hydrogen-bond donors (Lipinski definition) is 0. The molecule has 10 heteroatoms. The number of aliphatic imine (C=N–C) groups is 1. The Morgan fingerprint density at radius 2 is 1.78 bits per heavy atom. The van der Waals surface area contributed by atoms with Crippen LogP contribution < -0.4 is 0 Å². The standard InChI is InChI=1S/C17H14N4O5S/c22-16(13-4-6-14(7-5-13)20(23)24)19-9-8-18-17(19)27-11-12-2-1-3-15(10-12)21(25)26/h1-7,10H,8-9,11H2. The van der Waals surface area contributed by atoms with Crippen LogP contribution in [0.25, 0.3) is 0 Å². The van der Waals surface area contributed by atoms with Gasteiger partial charge in [-0.25, -0.2) is 0 Å². The van der Waals surface area contributed by atoms with Crippen LogP contribution in [0.1, 0.15) is 15.9 Å². The van der Waals surface area contributed by atoms with Crippen molar-refractivity contribution in [3.8, 4) is 0 Å². The van der Waals surface area contributed by atoms with E-state index < -0.39 is 9.85 Å². The van der Waals surface area contributed by atoms with Crippen molar-refractivity contribution >= 4 is 34.2 Å². The number of nitro benzene ring substituents is 2. The van der Waals surface area contributed by atoms with E-state index in [-0.39, 0.29) is 17.3 Å². The minimum absolute atomic E-state index is 0.0141. The van der Waals surface area contributed by atoms with Gasteiger partial charge in [-0.1, -0.05) is 23.9 Å². The van der Waals surface area contributed by atoms with Crippen molar-refractivity contribution in [2.75, 3.05) is 13.1 Å². The Bertz CT molecular complexity index is 929. The SMILES string of the molecule is O=C(c1ccc([N+](=O)[O-])cc1)N1CCN=C1SCc1cccc([N+](=O)[O-])c1. The van der Waals surface area contributed by atoms with Crippen LogP contribution in [0.3, 0.4) is 0 Å². The molecule has 1 heterocycles. The van der Waals surface area contributed by atoms with Gasteiger partial charge in [0.1, 0.15) is 0 Å². The highest BCUT2D eigenvalue weighted by Crippen LogP contribution is 2.24. The van der Waals surface area contributed by atoms with E-state index in [2.05, 4.69) is 4.99 Å². The molecule has 0 atom stereocenters. The first-order valence-corrected chi connectivity index (χ1v) is 8.91. The van der Waals surface area contributed by atoms with E-state index in [0.29, 0.717) is 29.6 Å². The number of non-ortho nitro benzene ring substituents is 2. The maximum absolute atomic E-state index is 12.7. The Morgan fingerprint density at radius 3 is 2.44 bits per heavy atom. The molecule has 0 unspecified atom stereocenters. The molecule has 0 saturated heterocycles. The molecule has 138 valence electrons. The van der Waals surface area contributed by atoms with Gasteiger partial charge in [0, 0.05) is 42.1 Å². The Labute approximate surface area is 158 Å². The fraction of sp³-hybridized carbons (Fsp3) is 0.176. The number of hydrogen-bond acceptors (Lipinski definition) is 7. The maximum Gasteiger partial charge on any atom is 0.269 e. The van der Waals surface area contributed by atoms with Gasteiger partial charge in [-0.2, -0.15) is 0 Å². The first-order chi connectivity index (χ1) is 13.0. The molecular weight excluding hydrogens is 372 g/mol. The minimum atomic E-state index is -0.522. The molecular formula is C17H14N4O5S. The van der Waals surface area contributed by atoms with E-state index in [1.54, 1.807) is 12.1 Å². The summed E-state index contributed by atoms with van der Waals surface area (Å²) in [6.45, 7) is 0.892. The molecule has 0 aromatic heterocycles. The van der Waals surface area contributed by atoms with E-state index >= 15 is 0 Å². The quantitative estimate of drug-likeness (QED) is 0.575. The summed E-state index contributed by atoms with van der Waals surface area (Å²) in [6, 6.07) is 11.7. The zero-order chi connectivity index (χ0) is 19.4. The fourth-order valence-corrected chi connectivity index (χ4v) is 3.52. The number of benzene rings is 2. The second kappa shape index (κ2) is 7.96. The van der Waals surface area contributed by atoms with Crippen molar-refractivity contribution in [3.63, 3.8) is 0 Å². The lowest BCUT2D eigenvalue weighted by molar-refractivity contribution is -0.385. The highest BCUT2D eigenvalue weighted by atomic mass is 32.2. The molecule has 27 heavy (non-hydrogen) atoms. The Kier molecular flexibility index (Phi) is 5.46. The predicted octanol–water partition coefficient (Wildman–Crippen LogP) is 3.25. The molecule has 0 bridgehead atoms. The van der Waals surface area contributed by atoms with E-state index in [0.717, 1.165) is 5.56 Å². The van der Waals surface area contributed by atoms with Crippen molar-refractivity contribution in [1.29, 1.82) is 0 Å². The molecule has 2 aromatic rings. The summed E-state index contributed by atoms with van der Waals surface area (Å²) in [5.41, 5.74) is 1.03. The summed E-state index contributed by atoms with van der Waals surface area (Å²) in [5.74, 6) is 0.151. The minimum Gasteiger partial charge on any atom is -0.286 e. The third-order valence-electron chi connectivity index (χ3n) is 3.86. The molecule has 1 aliphatic rings. The number of carbonyl (C=O) groups excluding carboxylic acids is 1. The van der Waals surface area contributed by atoms with Crippen LogP contribution in [0.15, 0.2) is 53.5 Å². The van der Waals surface area contributed by atoms with Gasteiger partial charge in [0.05, 0.1) is 16.4 Å². The zero-order valence-corrected chi connectivity index (χ0v) is 14.8. The smallest absolute Gasteiger partial charge is 0.269 e. The third-order valence-corrected chi connectivity index (χ3v) is 4.95. The molecule has 9 nitrogen and oxygen atoms in total. The summed E-state index contributed by atoms with van der Waals surface area (Å²) < 4.78 is 0. The molecule has 0 N–H and O–H groups in total. The van der Waals surface area contributed by atoms with E-state index in [4.69, 9.17) is 0 Å². The molecule has 2 aromatic carbocycles. The fourth-order valence-electron chi connectivity index (χ4n) is 2.53. The number of nitro groups is 2. The first kappa shape index (κ1) is 18.5. The summed E-state index contributed by atoms with van der Waals surface area (Å²) in [4.78, 5) is 39.1. The zero-order valence-electron chi connectivity index (χ0n) is 14.0. The highest BCUT2D eigenvalue weighted by Gasteiger charge is 2.25. The van der Waals surface area contributed by atoms with Crippen LogP contribution in [0.4, 0.5) is 11.4 Å². The van der Waals surface area contributed by atoms with Crippen LogP contribution >= 0.6 is 11.8 Å². The van der Waals surface area contributed by atoms with Crippen molar-refractivity contribution in [2.24, 2.45) is 4.99 Å². The van der Waals surface area contributed by atoms with Crippen LogP contribution in [0.5, 0.6) is 0 Å². The summed E-state index contributed by atoms with van der Waals surface area (Å²) >= 11 is 1.32. The molecule has 0 radical (unpaired) electrons. The largest absolute Gasteiger partial charge is 0.286 e. The van der Waals surface area contributed by atoms with Gasteiger partial charge in [-0.15, -0.1) is 0 Å². The summed E-state index contributed by atoms with van der Waals surface area (Å²) in [5, 5.41) is 22.1. The average molecular weight is 386 g/mol. The molecule has 0 spiro atoms. The molecule has 1 aliphatic heterocycles. The van der Waals surface area contributed by atoms with E-state index in [9.17, 15) is 25.0 Å². The number of thioether (sulfide) groups is 1. The van der Waals surface area contributed by atoms with Gasteiger partial charge in [-0.05, 0) is 17.7 Å². The van der Waals surface area contributed by atoms with Gasteiger partial charge in [0.2, 0.25) is 0 Å². The molecule has 0 saturated carbocycles. The van der Waals surface area contributed by atoms with Crippen molar-refractivity contribution in [2.45, 2.75) is 5.75 Å².